The third kappa shape index (κ3) is 6.78. The van der Waals surface area contributed by atoms with Gasteiger partial charge in [-0.25, -0.2) is 13.2 Å². The summed E-state index contributed by atoms with van der Waals surface area (Å²) >= 11 is 1.30. The van der Waals surface area contributed by atoms with E-state index in [1.54, 1.807) is 24.5 Å². The number of carboxylic acids is 1. The van der Waals surface area contributed by atoms with Crippen LogP contribution in [0.3, 0.4) is 0 Å². The van der Waals surface area contributed by atoms with Gasteiger partial charge in [-0.15, -0.1) is 11.8 Å². The van der Waals surface area contributed by atoms with Crippen molar-refractivity contribution in [2.45, 2.75) is 62.2 Å². The highest BCUT2D eigenvalue weighted by Gasteiger charge is 2.42. The number of fused-ring (bicyclic) bond motifs is 1. The Hall–Kier alpha value is -2.72. The molecule has 0 saturated heterocycles. The van der Waals surface area contributed by atoms with Crippen LogP contribution < -0.4 is 15.4 Å². The summed E-state index contributed by atoms with van der Waals surface area (Å²) in [4.78, 5) is 13.6. The predicted molar refractivity (Wildman–Crippen MR) is 147 cm³/mol. The summed E-state index contributed by atoms with van der Waals surface area (Å²) in [5.41, 5.74) is 7.41. The van der Waals surface area contributed by atoms with Crippen LogP contribution >= 0.6 is 11.8 Å². The Labute approximate surface area is 222 Å². The van der Waals surface area contributed by atoms with E-state index >= 15 is 0 Å². The molecular weight excluding hydrogens is 515 g/mol. The molecule has 0 fully saturated rings. The number of hydrogen-bond acceptors (Lipinski definition) is 7. The Morgan fingerprint density at radius 1 is 1.19 bits per heavy atom. The lowest BCUT2D eigenvalue weighted by Crippen LogP contribution is -2.38. The SMILES string of the molecule is CCCCC1(CCCC)CN(c2ccc(N)cc2)c2cc(SC)c(O/C=C(\F)C(=O)O)cc2S(=O)(=O)C1. The molecule has 0 spiro atoms. The number of thioether (sulfide) groups is 1. The van der Waals surface area contributed by atoms with E-state index in [0.717, 1.165) is 44.2 Å². The van der Waals surface area contributed by atoms with Crippen LogP contribution in [-0.2, 0) is 14.6 Å². The number of rotatable bonds is 11. The van der Waals surface area contributed by atoms with E-state index < -0.39 is 27.0 Å². The maximum atomic E-state index is 14.0. The van der Waals surface area contributed by atoms with Gasteiger partial charge in [-0.1, -0.05) is 39.5 Å². The van der Waals surface area contributed by atoms with Gasteiger partial charge in [0.2, 0.25) is 5.83 Å². The van der Waals surface area contributed by atoms with Gasteiger partial charge < -0.3 is 20.5 Å². The van der Waals surface area contributed by atoms with Gasteiger partial charge >= 0.3 is 5.97 Å². The van der Waals surface area contributed by atoms with Crippen molar-refractivity contribution < 1.29 is 27.4 Å². The second-order valence-electron chi connectivity index (χ2n) is 9.50. The van der Waals surface area contributed by atoms with Crippen molar-refractivity contribution in [2.75, 3.05) is 29.2 Å². The number of nitrogens with two attached hydrogens (primary N) is 1. The first-order valence-electron chi connectivity index (χ1n) is 12.4. The maximum Gasteiger partial charge on any atom is 0.368 e. The Morgan fingerprint density at radius 3 is 2.35 bits per heavy atom. The summed E-state index contributed by atoms with van der Waals surface area (Å²) in [5.74, 6) is -3.18. The van der Waals surface area contributed by atoms with Gasteiger partial charge in [0.15, 0.2) is 9.84 Å². The Bertz CT molecular complexity index is 1240. The standard InChI is InChI=1S/C27H35FN2O5S2/c1-4-6-12-27(13-7-5-2)17-30(20-10-8-19(29)9-11-20)22-14-24(36-3)23(35-16-21(28)26(31)32)15-25(22)37(33,34)18-27/h8-11,14-16H,4-7,12-13,17-18,29H2,1-3H3,(H,31,32)/b21-16-. The van der Waals surface area contributed by atoms with Gasteiger partial charge in [-0.2, -0.15) is 4.39 Å². The monoisotopic (exact) mass is 550 g/mol. The first-order chi connectivity index (χ1) is 17.6. The Morgan fingerprint density at radius 2 is 1.81 bits per heavy atom. The molecule has 1 heterocycles. The molecule has 0 saturated carbocycles. The molecule has 202 valence electrons. The van der Waals surface area contributed by atoms with Crippen LogP contribution in [0.5, 0.6) is 5.75 Å². The highest BCUT2D eigenvalue weighted by atomic mass is 32.2. The molecule has 3 rings (SSSR count). The highest BCUT2D eigenvalue weighted by molar-refractivity contribution is 7.98. The summed E-state index contributed by atoms with van der Waals surface area (Å²) < 4.78 is 46.9. The fourth-order valence-electron chi connectivity index (χ4n) is 4.77. The number of anilines is 3. The molecule has 0 aliphatic carbocycles. The van der Waals surface area contributed by atoms with Crippen LogP contribution in [0.4, 0.5) is 21.5 Å². The number of hydrogen-bond donors (Lipinski definition) is 2. The number of sulfone groups is 1. The van der Waals surface area contributed by atoms with Crippen molar-refractivity contribution in [3.8, 4) is 5.75 Å². The summed E-state index contributed by atoms with van der Waals surface area (Å²) in [7, 11) is -3.78. The molecule has 0 aromatic heterocycles. The smallest absolute Gasteiger partial charge is 0.368 e. The van der Waals surface area contributed by atoms with Crippen LogP contribution in [-0.4, -0.2) is 38.0 Å². The fourth-order valence-corrected chi connectivity index (χ4v) is 7.42. The largest absolute Gasteiger partial charge is 0.476 e. The molecule has 0 amide bonds. The van der Waals surface area contributed by atoms with E-state index in [9.17, 15) is 17.6 Å². The van der Waals surface area contributed by atoms with E-state index in [1.807, 2.05) is 17.0 Å². The molecule has 10 heteroatoms. The normalized spacial score (nSPS) is 16.6. The van der Waals surface area contributed by atoms with Crippen molar-refractivity contribution in [1.82, 2.24) is 0 Å². The van der Waals surface area contributed by atoms with Crippen LogP contribution in [0, 0.1) is 5.41 Å². The number of halogens is 1. The van der Waals surface area contributed by atoms with Gasteiger partial charge in [-0.3, -0.25) is 0 Å². The van der Waals surface area contributed by atoms with E-state index in [1.165, 1.54) is 17.8 Å². The maximum absolute atomic E-state index is 14.0. The fraction of sp³-hybridized carbons (Fsp3) is 0.444. The van der Waals surface area contributed by atoms with E-state index in [2.05, 4.69) is 13.8 Å². The molecular formula is C27H35FN2O5S2. The number of unbranched alkanes of at least 4 members (excludes halogenated alkanes) is 2. The van der Waals surface area contributed by atoms with E-state index in [-0.39, 0.29) is 16.4 Å². The minimum atomic E-state index is -3.78. The molecule has 2 aromatic carbocycles. The number of nitrogen functional groups attached to an aromatic ring is 1. The number of ether oxygens (including phenoxy) is 1. The van der Waals surface area contributed by atoms with Gasteiger partial charge in [0.25, 0.3) is 0 Å². The molecule has 1 aliphatic rings. The van der Waals surface area contributed by atoms with Crippen LogP contribution in [0.2, 0.25) is 0 Å². The molecule has 3 N–H and O–H groups in total. The van der Waals surface area contributed by atoms with Crippen molar-refractivity contribution in [2.24, 2.45) is 5.41 Å². The predicted octanol–water partition coefficient (Wildman–Crippen LogP) is 6.56. The zero-order chi connectivity index (χ0) is 27.2. The molecule has 37 heavy (non-hydrogen) atoms. The minimum absolute atomic E-state index is 0.0180. The van der Waals surface area contributed by atoms with Crippen molar-refractivity contribution >= 4 is 44.6 Å². The van der Waals surface area contributed by atoms with Crippen LogP contribution in [0.1, 0.15) is 52.4 Å². The average molecular weight is 551 g/mol. The zero-order valence-corrected chi connectivity index (χ0v) is 23.1. The van der Waals surface area contributed by atoms with Crippen LogP contribution in [0.25, 0.3) is 0 Å². The second kappa shape index (κ2) is 12.2. The topological polar surface area (TPSA) is 110 Å². The summed E-state index contributed by atoms with van der Waals surface area (Å²) in [5, 5.41) is 8.84. The van der Waals surface area contributed by atoms with E-state index in [4.69, 9.17) is 15.6 Å². The summed E-state index contributed by atoms with van der Waals surface area (Å²) in [6, 6.07) is 10.5. The lowest BCUT2D eigenvalue weighted by Gasteiger charge is -2.37. The minimum Gasteiger partial charge on any atom is -0.476 e. The second-order valence-corrected chi connectivity index (χ2v) is 12.3. The number of nitrogens with zero attached hydrogens (tertiary/aromatic N) is 1. The third-order valence-electron chi connectivity index (χ3n) is 6.68. The highest BCUT2D eigenvalue weighted by Crippen LogP contribution is 2.48. The van der Waals surface area contributed by atoms with Gasteiger partial charge in [-0.05, 0) is 49.4 Å². The number of aliphatic carboxylic acids is 1. The lowest BCUT2D eigenvalue weighted by molar-refractivity contribution is -0.134. The van der Waals surface area contributed by atoms with Crippen molar-refractivity contribution in [1.29, 1.82) is 0 Å². The summed E-state index contributed by atoms with van der Waals surface area (Å²) in [6.07, 6.45) is 7.55. The van der Waals surface area contributed by atoms with Gasteiger partial charge in [0.1, 0.15) is 12.0 Å². The Kier molecular flexibility index (Phi) is 9.52. The van der Waals surface area contributed by atoms with Crippen LogP contribution in [0.15, 0.2) is 58.3 Å². The molecule has 1 aliphatic heterocycles. The first kappa shape index (κ1) is 28.8. The average Bonchev–Trinajstić information content (AvgIpc) is 2.96. The number of carboxylic acid groups (broad SMARTS) is 1. The van der Waals surface area contributed by atoms with Crippen molar-refractivity contribution in [3.05, 3.63) is 48.5 Å². The molecule has 7 nitrogen and oxygen atoms in total. The number of carbonyl (C=O) groups is 1. The zero-order valence-electron chi connectivity index (χ0n) is 21.5. The van der Waals surface area contributed by atoms with Gasteiger partial charge in [0, 0.05) is 29.4 Å². The third-order valence-corrected chi connectivity index (χ3v) is 9.43. The lowest BCUT2D eigenvalue weighted by atomic mass is 9.79. The quantitative estimate of drug-likeness (QED) is 0.140. The van der Waals surface area contributed by atoms with Crippen molar-refractivity contribution in [3.63, 3.8) is 0 Å². The number of benzene rings is 2. The van der Waals surface area contributed by atoms with Gasteiger partial charge in [0.05, 0.1) is 21.2 Å². The molecule has 0 radical (unpaired) electrons. The molecule has 0 atom stereocenters. The molecule has 0 unspecified atom stereocenters. The molecule has 2 aromatic rings. The summed E-state index contributed by atoms with van der Waals surface area (Å²) in [6.45, 7) is 4.72. The first-order valence-corrected chi connectivity index (χ1v) is 15.3. The Balaban J connectivity index is 2.25. The van der Waals surface area contributed by atoms with E-state index in [0.29, 0.717) is 29.1 Å². The molecule has 0 bridgehead atoms.